The number of carbonyl (C=O) groups excluding carboxylic acids is 3. The summed E-state index contributed by atoms with van der Waals surface area (Å²) in [6.07, 6.45) is 2.02. The van der Waals surface area contributed by atoms with Gasteiger partial charge in [0, 0.05) is 32.7 Å². The third kappa shape index (κ3) is 17.3. The number of unbranched alkanes of at least 4 members (excludes halogenated alkanes) is 2. The highest BCUT2D eigenvalue weighted by Crippen LogP contribution is 2.13. The second-order valence-corrected chi connectivity index (χ2v) is 11.4. The summed E-state index contributed by atoms with van der Waals surface area (Å²) in [6, 6.07) is 0. The summed E-state index contributed by atoms with van der Waals surface area (Å²) < 4.78 is 16.2. The molecule has 0 spiro atoms. The largest absolute Gasteiger partial charge is 0.444 e. The van der Waals surface area contributed by atoms with Crippen LogP contribution in [0.4, 0.5) is 14.4 Å². The van der Waals surface area contributed by atoms with Crippen molar-refractivity contribution in [2.45, 2.75) is 112 Å². The van der Waals surface area contributed by atoms with Crippen molar-refractivity contribution in [2.75, 3.05) is 32.7 Å². The summed E-state index contributed by atoms with van der Waals surface area (Å²) in [5.74, 6) is 0. The molecule has 1 N–H and O–H groups in total. The van der Waals surface area contributed by atoms with Gasteiger partial charge in [-0.3, -0.25) is 0 Å². The lowest BCUT2D eigenvalue weighted by molar-refractivity contribution is 0.0234. The highest BCUT2D eigenvalue weighted by Gasteiger charge is 2.23. The molecule has 0 saturated heterocycles. The molecule has 0 aromatic heterocycles. The van der Waals surface area contributed by atoms with Gasteiger partial charge in [0.05, 0.1) is 0 Å². The molecular weight excluding hydrogens is 438 g/mol. The average Bonchev–Trinajstić information content (AvgIpc) is 2.61. The molecule has 0 aromatic rings. The van der Waals surface area contributed by atoms with E-state index in [2.05, 4.69) is 5.32 Å². The topological polar surface area (TPSA) is 97.4 Å². The zero-order chi connectivity index (χ0) is 26.6. The van der Waals surface area contributed by atoms with E-state index < -0.39 is 29.0 Å². The maximum absolute atomic E-state index is 12.6. The minimum absolute atomic E-state index is 0.261. The minimum atomic E-state index is -0.609. The van der Waals surface area contributed by atoms with Crippen molar-refractivity contribution in [1.29, 1.82) is 0 Å². The van der Waals surface area contributed by atoms with Crippen LogP contribution in [0.1, 0.15) is 94.9 Å². The van der Waals surface area contributed by atoms with Crippen molar-refractivity contribution >= 4 is 18.3 Å². The number of ether oxygens (including phenoxy) is 3. The number of nitrogens with zero attached hydrogens (tertiary/aromatic N) is 2. The molecule has 0 saturated carbocycles. The summed E-state index contributed by atoms with van der Waals surface area (Å²) in [5, 5.41) is 2.68. The quantitative estimate of drug-likeness (QED) is 0.302. The molecule has 0 fully saturated rings. The Morgan fingerprint density at radius 1 is 0.618 bits per heavy atom. The molecule has 0 rings (SSSR count). The van der Waals surface area contributed by atoms with Crippen LogP contribution < -0.4 is 5.32 Å². The fourth-order valence-corrected chi connectivity index (χ4v) is 2.90. The van der Waals surface area contributed by atoms with Gasteiger partial charge in [0.15, 0.2) is 0 Å². The molecule has 9 nitrogen and oxygen atoms in total. The van der Waals surface area contributed by atoms with Gasteiger partial charge in [-0.05, 0) is 88.0 Å². The standard InChI is InChI=1S/C25H49N3O6/c1-11-16-27(21(30)33-24(5,6)7)17-13-12-14-18-28(22(31)34-25(8,9)10)19-15-26-20(29)32-23(2,3)4/h11-19H2,1-10H3,(H,26,29). The summed E-state index contributed by atoms with van der Waals surface area (Å²) >= 11 is 0. The van der Waals surface area contributed by atoms with Crippen LogP contribution in [-0.2, 0) is 14.2 Å². The lowest BCUT2D eigenvalue weighted by Crippen LogP contribution is -2.43. The predicted molar refractivity (Wildman–Crippen MR) is 134 cm³/mol. The van der Waals surface area contributed by atoms with E-state index in [0.717, 1.165) is 25.7 Å². The zero-order valence-corrected chi connectivity index (χ0v) is 23.2. The smallest absolute Gasteiger partial charge is 0.410 e. The van der Waals surface area contributed by atoms with Gasteiger partial charge in [-0.15, -0.1) is 0 Å². The first-order chi connectivity index (χ1) is 15.4. The Balaban J connectivity index is 4.71. The van der Waals surface area contributed by atoms with E-state index in [1.54, 1.807) is 30.6 Å². The second-order valence-electron chi connectivity index (χ2n) is 11.4. The number of hydrogen-bond donors (Lipinski definition) is 1. The number of amides is 3. The molecule has 0 bridgehead atoms. The molecule has 200 valence electrons. The molecule has 0 atom stereocenters. The van der Waals surface area contributed by atoms with Crippen molar-refractivity contribution in [3.05, 3.63) is 0 Å². The lowest BCUT2D eigenvalue weighted by Gasteiger charge is -2.28. The number of hydrogen-bond acceptors (Lipinski definition) is 6. The van der Waals surface area contributed by atoms with Gasteiger partial charge in [0.1, 0.15) is 16.8 Å². The van der Waals surface area contributed by atoms with E-state index >= 15 is 0 Å². The van der Waals surface area contributed by atoms with E-state index in [9.17, 15) is 14.4 Å². The fourth-order valence-electron chi connectivity index (χ4n) is 2.90. The van der Waals surface area contributed by atoms with Crippen LogP contribution in [0.5, 0.6) is 0 Å². The van der Waals surface area contributed by atoms with Gasteiger partial charge < -0.3 is 29.3 Å². The molecular formula is C25H49N3O6. The van der Waals surface area contributed by atoms with Crippen LogP contribution in [0.3, 0.4) is 0 Å². The Labute approximate surface area is 206 Å². The Kier molecular flexibility index (Phi) is 13.3. The molecule has 0 radical (unpaired) electrons. The van der Waals surface area contributed by atoms with Gasteiger partial charge in [-0.25, -0.2) is 14.4 Å². The van der Waals surface area contributed by atoms with Gasteiger partial charge in [0.25, 0.3) is 0 Å². The maximum Gasteiger partial charge on any atom is 0.410 e. The van der Waals surface area contributed by atoms with Crippen molar-refractivity contribution in [2.24, 2.45) is 0 Å². The first-order valence-corrected chi connectivity index (χ1v) is 12.4. The van der Waals surface area contributed by atoms with Crippen LogP contribution in [0.15, 0.2) is 0 Å². The van der Waals surface area contributed by atoms with Crippen LogP contribution in [0, 0.1) is 0 Å². The van der Waals surface area contributed by atoms with Crippen molar-refractivity contribution in [3.8, 4) is 0 Å². The lowest BCUT2D eigenvalue weighted by atomic mass is 10.2. The number of alkyl carbamates (subject to hydrolysis) is 1. The normalized spacial score (nSPS) is 12.1. The molecule has 0 aliphatic rings. The fraction of sp³-hybridized carbons (Fsp3) is 0.880. The zero-order valence-electron chi connectivity index (χ0n) is 23.2. The van der Waals surface area contributed by atoms with E-state index in [-0.39, 0.29) is 12.6 Å². The Hall–Kier alpha value is -2.19. The molecule has 3 amide bonds. The van der Waals surface area contributed by atoms with Crippen LogP contribution in [0.25, 0.3) is 0 Å². The summed E-state index contributed by atoms with van der Waals surface area (Å²) in [6.45, 7) is 20.8. The maximum atomic E-state index is 12.6. The first kappa shape index (κ1) is 31.8. The SMILES string of the molecule is CCCN(CCCCCN(CCNC(=O)OC(C)(C)C)C(=O)OC(C)(C)C)C(=O)OC(C)(C)C. The summed E-state index contributed by atoms with van der Waals surface area (Å²) in [7, 11) is 0. The van der Waals surface area contributed by atoms with Crippen LogP contribution in [0.2, 0.25) is 0 Å². The van der Waals surface area contributed by atoms with Crippen molar-refractivity contribution in [3.63, 3.8) is 0 Å². The van der Waals surface area contributed by atoms with Crippen LogP contribution >= 0.6 is 0 Å². The molecule has 0 heterocycles. The van der Waals surface area contributed by atoms with E-state index in [0.29, 0.717) is 26.2 Å². The Morgan fingerprint density at radius 3 is 1.41 bits per heavy atom. The molecule has 0 aliphatic carbocycles. The third-order valence-electron chi connectivity index (χ3n) is 4.20. The van der Waals surface area contributed by atoms with E-state index in [1.165, 1.54) is 0 Å². The van der Waals surface area contributed by atoms with Gasteiger partial charge in [-0.1, -0.05) is 6.92 Å². The average molecular weight is 488 g/mol. The molecule has 0 aliphatic heterocycles. The van der Waals surface area contributed by atoms with E-state index in [4.69, 9.17) is 14.2 Å². The molecule has 0 unspecified atom stereocenters. The predicted octanol–water partition coefficient (Wildman–Crippen LogP) is 5.57. The molecule has 0 aromatic carbocycles. The monoisotopic (exact) mass is 487 g/mol. The van der Waals surface area contributed by atoms with Gasteiger partial charge >= 0.3 is 18.3 Å². The number of rotatable bonds is 11. The molecule has 34 heavy (non-hydrogen) atoms. The number of carbonyl (C=O) groups is 3. The number of nitrogens with one attached hydrogen (secondary N) is 1. The molecule has 9 heteroatoms. The minimum Gasteiger partial charge on any atom is -0.444 e. The van der Waals surface area contributed by atoms with Crippen molar-refractivity contribution in [1.82, 2.24) is 15.1 Å². The van der Waals surface area contributed by atoms with Gasteiger partial charge in [0.2, 0.25) is 0 Å². The highest BCUT2D eigenvalue weighted by atomic mass is 16.6. The van der Waals surface area contributed by atoms with Crippen LogP contribution in [-0.4, -0.2) is 77.6 Å². The Bertz CT molecular complexity index is 632. The Morgan fingerprint density at radius 2 is 1.03 bits per heavy atom. The second kappa shape index (κ2) is 14.3. The first-order valence-electron chi connectivity index (χ1n) is 12.4. The summed E-state index contributed by atoms with van der Waals surface area (Å²) in [4.78, 5) is 40.2. The van der Waals surface area contributed by atoms with Crippen molar-refractivity contribution < 1.29 is 28.6 Å². The summed E-state index contributed by atoms with van der Waals surface area (Å²) in [5.41, 5.74) is -1.72. The van der Waals surface area contributed by atoms with Gasteiger partial charge in [-0.2, -0.15) is 0 Å². The third-order valence-corrected chi connectivity index (χ3v) is 4.20. The highest BCUT2D eigenvalue weighted by molar-refractivity contribution is 5.69. The van der Waals surface area contributed by atoms with E-state index in [1.807, 2.05) is 48.5 Å².